The van der Waals surface area contributed by atoms with Crippen molar-refractivity contribution in [3.05, 3.63) is 59.4 Å². The molecule has 6 heteroatoms. The van der Waals surface area contributed by atoms with Crippen molar-refractivity contribution >= 4 is 17.8 Å². The molecule has 2 heterocycles. The van der Waals surface area contributed by atoms with Crippen molar-refractivity contribution in [2.45, 2.75) is 0 Å². The van der Waals surface area contributed by atoms with E-state index in [0.717, 1.165) is 0 Å². The van der Waals surface area contributed by atoms with Gasteiger partial charge in [0.25, 0.3) is 11.8 Å². The summed E-state index contributed by atoms with van der Waals surface area (Å²) in [6, 6.07) is 7.79. The number of nitrogens with one attached hydrogen (secondary N) is 1. The Morgan fingerprint density at radius 1 is 1.05 bits per heavy atom. The number of aromatic nitrogens is 1. The zero-order valence-corrected chi connectivity index (χ0v) is 9.62. The number of hydroxylamine groups is 2. The van der Waals surface area contributed by atoms with Crippen LogP contribution < -0.4 is 0 Å². The van der Waals surface area contributed by atoms with Gasteiger partial charge < -0.3 is 9.82 Å². The Morgan fingerprint density at radius 2 is 1.68 bits per heavy atom. The van der Waals surface area contributed by atoms with Gasteiger partial charge in [-0.3, -0.25) is 9.59 Å². The van der Waals surface area contributed by atoms with E-state index in [4.69, 9.17) is 4.84 Å². The molecule has 2 aromatic rings. The van der Waals surface area contributed by atoms with Gasteiger partial charge in [0.1, 0.15) is 0 Å². The summed E-state index contributed by atoms with van der Waals surface area (Å²) in [6.45, 7) is 0. The third-order valence-electron chi connectivity index (χ3n) is 2.76. The van der Waals surface area contributed by atoms with Crippen LogP contribution in [-0.4, -0.2) is 27.8 Å². The smallest absolute Gasteiger partial charge is 0.365 e. The van der Waals surface area contributed by atoms with Crippen molar-refractivity contribution < 1.29 is 19.2 Å². The fourth-order valence-corrected chi connectivity index (χ4v) is 1.84. The molecular formula is C13H8N2O4. The summed E-state index contributed by atoms with van der Waals surface area (Å²) in [5.74, 6) is -2.04. The summed E-state index contributed by atoms with van der Waals surface area (Å²) >= 11 is 0. The van der Waals surface area contributed by atoms with Crippen molar-refractivity contribution in [3.63, 3.8) is 0 Å². The minimum atomic E-state index is -0.768. The molecule has 0 spiro atoms. The zero-order chi connectivity index (χ0) is 13.4. The molecular weight excluding hydrogens is 248 g/mol. The number of carbonyl (C=O) groups is 3. The van der Waals surface area contributed by atoms with Gasteiger partial charge in [-0.25, -0.2) is 4.79 Å². The molecule has 6 nitrogen and oxygen atoms in total. The van der Waals surface area contributed by atoms with Gasteiger partial charge in [0.2, 0.25) is 0 Å². The van der Waals surface area contributed by atoms with Crippen LogP contribution in [0.15, 0.2) is 42.7 Å². The fourth-order valence-electron chi connectivity index (χ4n) is 1.84. The Hall–Kier alpha value is -2.89. The van der Waals surface area contributed by atoms with E-state index < -0.39 is 17.8 Å². The maximum atomic E-state index is 11.9. The van der Waals surface area contributed by atoms with Crippen LogP contribution in [0.25, 0.3) is 0 Å². The van der Waals surface area contributed by atoms with Crippen molar-refractivity contribution in [3.8, 4) is 0 Å². The number of imide groups is 1. The van der Waals surface area contributed by atoms with E-state index >= 15 is 0 Å². The molecule has 1 aliphatic heterocycles. The first-order chi connectivity index (χ1) is 9.18. The third kappa shape index (κ3) is 1.70. The SMILES string of the molecule is O=C(ON1C(=O)c2ccccc2C1=O)c1cc[nH]c1. The van der Waals surface area contributed by atoms with Crippen LogP contribution in [0.1, 0.15) is 31.1 Å². The molecule has 19 heavy (non-hydrogen) atoms. The Balaban J connectivity index is 1.87. The van der Waals surface area contributed by atoms with Crippen LogP contribution in [0, 0.1) is 0 Å². The third-order valence-corrected chi connectivity index (χ3v) is 2.76. The number of nitrogens with zero attached hydrogens (tertiary/aromatic N) is 1. The molecule has 0 atom stereocenters. The standard InChI is InChI=1S/C13H8N2O4/c16-11-9-3-1-2-4-10(9)12(17)15(11)19-13(18)8-5-6-14-7-8/h1-7,14H. The number of benzene rings is 1. The van der Waals surface area contributed by atoms with E-state index in [1.807, 2.05) is 0 Å². The maximum Gasteiger partial charge on any atom is 0.365 e. The van der Waals surface area contributed by atoms with Crippen LogP contribution in [-0.2, 0) is 4.84 Å². The molecule has 0 bridgehead atoms. The van der Waals surface area contributed by atoms with E-state index in [-0.39, 0.29) is 16.7 Å². The predicted molar refractivity (Wildman–Crippen MR) is 63.2 cm³/mol. The number of fused-ring (bicyclic) bond motifs is 1. The average Bonchev–Trinajstić information content (AvgIpc) is 3.03. The number of carbonyl (C=O) groups excluding carboxylic acids is 3. The molecule has 0 aliphatic carbocycles. The molecule has 2 amide bonds. The van der Waals surface area contributed by atoms with Gasteiger partial charge >= 0.3 is 5.97 Å². The van der Waals surface area contributed by atoms with Crippen molar-refractivity contribution in [1.29, 1.82) is 0 Å². The van der Waals surface area contributed by atoms with E-state index in [1.165, 1.54) is 24.4 Å². The number of aromatic amines is 1. The minimum Gasteiger partial charge on any atom is -0.367 e. The highest BCUT2D eigenvalue weighted by Crippen LogP contribution is 2.23. The number of H-pyrrole nitrogens is 1. The van der Waals surface area contributed by atoms with Gasteiger partial charge in [-0.1, -0.05) is 17.2 Å². The maximum absolute atomic E-state index is 11.9. The lowest BCUT2D eigenvalue weighted by molar-refractivity contribution is -0.0584. The molecule has 0 saturated carbocycles. The molecule has 1 aromatic carbocycles. The lowest BCUT2D eigenvalue weighted by atomic mass is 10.1. The highest BCUT2D eigenvalue weighted by atomic mass is 16.7. The van der Waals surface area contributed by atoms with E-state index in [2.05, 4.69) is 4.98 Å². The molecule has 0 radical (unpaired) electrons. The normalized spacial score (nSPS) is 13.6. The van der Waals surface area contributed by atoms with Gasteiger partial charge in [0.15, 0.2) is 0 Å². The summed E-state index contributed by atoms with van der Waals surface area (Å²) in [5.41, 5.74) is 0.695. The minimum absolute atomic E-state index is 0.231. The lowest BCUT2D eigenvalue weighted by Crippen LogP contribution is -2.32. The summed E-state index contributed by atoms with van der Waals surface area (Å²) in [7, 11) is 0. The number of hydrogen-bond acceptors (Lipinski definition) is 4. The molecule has 1 N–H and O–H groups in total. The van der Waals surface area contributed by atoms with Crippen LogP contribution >= 0.6 is 0 Å². The molecule has 1 aromatic heterocycles. The Bertz CT molecular complexity index is 641. The number of rotatable bonds is 2. The quantitative estimate of drug-likeness (QED) is 0.823. The molecule has 0 saturated heterocycles. The van der Waals surface area contributed by atoms with E-state index in [9.17, 15) is 14.4 Å². The van der Waals surface area contributed by atoms with E-state index in [0.29, 0.717) is 5.06 Å². The second kappa shape index (κ2) is 4.09. The van der Waals surface area contributed by atoms with Gasteiger partial charge in [-0.2, -0.15) is 0 Å². The summed E-state index contributed by atoms with van der Waals surface area (Å²) in [5, 5.41) is 0.486. The zero-order valence-electron chi connectivity index (χ0n) is 9.62. The molecule has 0 unspecified atom stereocenters. The molecule has 3 rings (SSSR count). The van der Waals surface area contributed by atoms with Crippen LogP contribution in [0.3, 0.4) is 0 Å². The second-order valence-electron chi connectivity index (χ2n) is 3.93. The Kier molecular flexibility index (Phi) is 2.42. The summed E-state index contributed by atoms with van der Waals surface area (Å²) < 4.78 is 0. The largest absolute Gasteiger partial charge is 0.367 e. The molecule has 94 valence electrons. The average molecular weight is 256 g/mol. The van der Waals surface area contributed by atoms with Crippen molar-refractivity contribution in [2.75, 3.05) is 0 Å². The first-order valence-electron chi connectivity index (χ1n) is 5.51. The van der Waals surface area contributed by atoms with E-state index in [1.54, 1.807) is 18.3 Å². The van der Waals surface area contributed by atoms with Gasteiger partial charge in [-0.15, -0.1) is 0 Å². The summed E-state index contributed by atoms with van der Waals surface area (Å²) in [4.78, 5) is 43.1. The Labute approximate surface area is 107 Å². The molecule has 0 fully saturated rings. The fraction of sp³-hybridized carbons (Fsp3) is 0. The first-order valence-corrected chi connectivity index (χ1v) is 5.51. The van der Waals surface area contributed by atoms with Crippen LogP contribution in [0.5, 0.6) is 0 Å². The van der Waals surface area contributed by atoms with Gasteiger partial charge in [-0.05, 0) is 18.2 Å². The predicted octanol–water partition coefficient (Wildman–Crippen LogP) is 1.38. The summed E-state index contributed by atoms with van der Waals surface area (Å²) in [6.07, 6.45) is 2.96. The number of amides is 2. The number of hydrogen-bond donors (Lipinski definition) is 1. The van der Waals surface area contributed by atoms with Crippen molar-refractivity contribution in [1.82, 2.24) is 10.0 Å². The van der Waals surface area contributed by atoms with Gasteiger partial charge in [0.05, 0.1) is 16.7 Å². The first kappa shape index (κ1) is 11.2. The van der Waals surface area contributed by atoms with Crippen molar-refractivity contribution in [2.24, 2.45) is 0 Å². The highest BCUT2D eigenvalue weighted by molar-refractivity contribution is 6.21. The second-order valence-corrected chi connectivity index (χ2v) is 3.93. The lowest BCUT2D eigenvalue weighted by Gasteiger charge is -2.11. The topological polar surface area (TPSA) is 79.5 Å². The van der Waals surface area contributed by atoms with Crippen LogP contribution in [0.4, 0.5) is 0 Å². The Morgan fingerprint density at radius 3 is 2.21 bits per heavy atom. The highest BCUT2D eigenvalue weighted by Gasteiger charge is 2.38. The molecule has 1 aliphatic rings. The van der Waals surface area contributed by atoms with Gasteiger partial charge in [0, 0.05) is 12.4 Å². The monoisotopic (exact) mass is 256 g/mol. The van der Waals surface area contributed by atoms with Crippen LogP contribution in [0.2, 0.25) is 0 Å².